The highest BCUT2D eigenvalue weighted by molar-refractivity contribution is 5.85. The monoisotopic (exact) mass is 406 g/mol. The molecule has 0 aliphatic rings. The normalized spacial score (nSPS) is 11.3. The van der Waals surface area contributed by atoms with Crippen LogP contribution in [-0.4, -0.2) is 33.9 Å². The molecule has 0 bridgehead atoms. The van der Waals surface area contributed by atoms with E-state index in [1.54, 1.807) is 18.4 Å². The van der Waals surface area contributed by atoms with Crippen LogP contribution in [0.15, 0.2) is 59.2 Å². The number of hydrogen-bond acceptors (Lipinski definition) is 5. The lowest BCUT2D eigenvalue weighted by atomic mass is 9.93. The van der Waals surface area contributed by atoms with Crippen molar-refractivity contribution in [3.63, 3.8) is 0 Å². The second-order valence-corrected chi connectivity index (χ2v) is 6.81. The van der Waals surface area contributed by atoms with Crippen LogP contribution >= 0.6 is 12.4 Å². The van der Waals surface area contributed by atoms with Gasteiger partial charge in [0.15, 0.2) is 5.89 Å². The summed E-state index contributed by atoms with van der Waals surface area (Å²) in [7, 11) is 0. The first-order valence-corrected chi connectivity index (χ1v) is 8.80. The second kappa shape index (κ2) is 9.80. The molecule has 0 fully saturated rings. The Labute approximate surface area is 169 Å². The van der Waals surface area contributed by atoms with Crippen LogP contribution in [0.5, 0.6) is 0 Å². The summed E-state index contributed by atoms with van der Waals surface area (Å²) in [5.74, 6) is 0.302. The topological polar surface area (TPSA) is 92.5 Å². The third kappa shape index (κ3) is 5.62. The SMILES string of the molecule is Cl.NC(CO)(CO)CCc1ccc(-c2coc(Cc3ccc(F)cc3)n2)cc1. The summed E-state index contributed by atoms with van der Waals surface area (Å²) in [6.07, 6.45) is 3.26. The number of halogens is 2. The molecule has 0 radical (unpaired) electrons. The molecule has 3 aromatic rings. The number of rotatable bonds is 8. The molecule has 7 heteroatoms. The standard InChI is InChI=1S/C21H23FN2O3.ClH/c22-18-7-3-16(4-8-18)11-20-24-19(12-27-20)17-5-1-15(2-6-17)9-10-21(23,13-25)14-26;/h1-8,12,25-26H,9-11,13-14,23H2;1H. The van der Waals surface area contributed by atoms with E-state index in [0.717, 1.165) is 22.4 Å². The molecule has 150 valence electrons. The van der Waals surface area contributed by atoms with Gasteiger partial charge in [-0.3, -0.25) is 0 Å². The van der Waals surface area contributed by atoms with Gasteiger partial charge in [0.05, 0.1) is 18.8 Å². The minimum atomic E-state index is -0.958. The molecule has 1 aromatic heterocycles. The highest BCUT2D eigenvalue weighted by atomic mass is 35.5. The van der Waals surface area contributed by atoms with Gasteiger partial charge in [-0.1, -0.05) is 36.4 Å². The third-order valence-corrected chi connectivity index (χ3v) is 4.61. The van der Waals surface area contributed by atoms with Crippen molar-refractivity contribution in [1.82, 2.24) is 4.98 Å². The van der Waals surface area contributed by atoms with Crippen molar-refractivity contribution in [3.05, 3.63) is 77.6 Å². The van der Waals surface area contributed by atoms with Crippen LogP contribution < -0.4 is 5.73 Å². The lowest BCUT2D eigenvalue weighted by Gasteiger charge is -2.24. The second-order valence-electron chi connectivity index (χ2n) is 6.81. The molecule has 5 nitrogen and oxygen atoms in total. The fourth-order valence-electron chi connectivity index (χ4n) is 2.75. The molecule has 1 heterocycles. The van der Waals surface area contributed by atoms with Gasteiger partial charge in [-0.25, -0.2) is 9.37 Å². The number of hydrogen-bond donors (Lipinski definition) is 3. The van der Waals surface area contributed by atoms with Gasteiger partial charge in [0.1, 0.15) is 17.8 Å². The van der Waals surface area contributed by atoms with Crippen LogP contribution in [0, 0.1) is 5.82 Å². The first-order chi connectivity index (χ1) is 13.0. The van der Waals surface area contributed by atoms with Gasteiger partial charge >= 0.3 is 0 Å². The maximum atomic E-state index is 13.0. The van der Waals surface area contributed by atoms with E-state index in [9.17, 15) is 14.6 Å². The van der Waals surface area contributed by atoms with Crippen LogP contribution in [0.2, 0.25) is 0 Å². The Morgan fingerprint density at radius 1 is 0.964 bits per heavy atom. The smallest absolute Gasteiger partial charge is 0.198 e. The molecule has 0 saturated carbocycles. The van der Waals surface area contributed by atoms with Crippen LogP contribution in [0.1, 0.15) is 23.4 Å². The van der Waals surface area contributed by atoms with Gasteiger partial charge in [0.25, 0.3) is 0 Å². The Hall–Kier alpha value is -2.25. The van der Waals surface area contributed by atoms with Crippen molar-refractivity contribution in [2.45, 2.75) is 24.8 Å². The zero-order valence-corrected chi connectivity index (χ0v) is 16.2. The Kier molecular flexibility index (Phi) is 7.71. The van der Waals surface area contributed by atoms with Gasteiger partial charge in [-0.15, -0.1) is 12.4 Å². The fraction of sp³-hybridized carbons (Fsp3) is 0.286. The van der Waals surface area contributed by atoms with Crippen molar-refractivity contribution in [2.75, 3.05) is 13.2 Å². The molecule has 0 unspecified atom stereocenters. The maximum absolute atomic E-state index is 13.0. The number of oxazole rings is 1. The Balaban J connectivity index is 0.00000280. The fourth-order valence-corrected chi connectivity index (χ4v) is 2.75. The van der Waals surface area contributed by atoms with Gasteiger partial charge in [0, 0.05) is 12.0 Å². The molecule has 3 rings (SSSR count). The van der Waals surface area contributed by atoms with E-state index in [-0.39, 0.29) is 31.4 Å². The van der Waals surface area contributed by atoms with Gasteiger partial charge in [0.2, 0.25) is 0 Å². The van der Waals surface area contributed by atoms with Crippen molar-refractivity contribution in [3.8, 4) is 11.3 Å². The van der Waals surface area contributed by atoms with Crippen LogP contribution in [0.25, 0.3) is 11.3 Å². The van der Waals surface area contributed by atoms with E-state index in [0.29, 0.717) is 25.2 Å². The predicted molar refractivity (Wildman–Crippen MR) is 108 cm³/mol. The molecule has 0 spiro atoms. The van der Waals surface area contributed by atoms with Crippen LogP contribution in [0.4, 0.5) is 4.39 Å². The van der Waals surface area contributed by atoms with E-state index in [1.165, 1.54) is 12.1 Å². The first-order valence-electron chi connectivity index (χ1n) is 8.80. The zero-order chi connectivity index (χ0) is 19.3. The summed E-state index contributed by atoms with van der Waals surface area (Å²) in [5, 5.41) is 18.5. The lowest BCUT2D eigenvalue weighted by Crippen LogP contribution is -2.47. The summed E-state index contributed by atoms with van der Waals surface area (Å²) < 4.78 is 18.5. The van der Waals surface area contributed by atoms with Crippen LogP contribution in [0.3, 0.4) is 0 Å². The Bertz CT molecular complexity index is 862. The van der Waals surface area contributed by atoms with E-state index < -0.39 is 5.54 Å². The van der Waals surface area contributed by atoms with E-state index in [4.69, 9.17) is 10.2 Å². The minimum absolute atomic E-state index is 0. The van der Waals surface area contributed by atoms with Crippen molar-refractivity contribution in [2.24, 2.45) is 5.73 Å². The average Bonchev–Trinajstić information content (AvgIpc) is 3.17. The molecule has 0 atom stereocenters. The van der Waals surface area contributed by atoms with Gasteiger partial charge in [-0.05, 0) is 36.1 Å². The predicted octanol–water partition coefficient (Wildman–Crippen LogP) is 3.11. The molecule has 28 heavy (non-hydrogen) atoms. The summed E-state index contributed by atoms with van der Waals surface area (Å²) in [6.45, 7) is -0.505. The average molecular weight is 407 g/mol. The van der Waals surface area contributed by atoms with Crippen molar-refractivity contribution >= 4 is 12.4 Å². The summed E-state index contributed by atoms with van der Waals surface area (Å²) in [4.78, 5) is 4.49. The number of aliphatic hydroxyl groups excluding tert-OH is 2. The van der Waals surface area contributed by atoms with E-state index in [2.05, 4.69) is 4.98 Å². The maximum Gasteiger partial charge on any atom is 0.198 e. The number of nitrogens with zero attached hydrogens (tertiary/aromatic N) is 1. The van der Waals surface area contributed by atoms with E-state index in [1.807, 2.05) is 24.3 Å². The number of nitrogens with two attached hydrogens (primary N) is 1. The molecule has 4 N–H and O–H groups in total. The minimum Gasteiger partial charge on any atom is -0.448 e. The largest absolute Gasteiger partial charge is 0.448 e. The Morgan fingerprint density at radius 3 is 2.18 bits per heavy atom. The number of aromatic nitrogens is 1. The summed E-state index contributed by atoms with van der Waals surface area (Å²) >= 11 is 0. The first kappa shape index (κ1) is 22.0. The molecule has 0 saturated heterocycles. The third-order valence-electron chi connectivity index (χ3n) is 4.61. The zero-order valence-electron chi connectivity index (χ0n) is 15.3. The molecule has 0 aliphatic carbocycles. The number of benzene rings is 2. The lowest BCUT2D eigenvalue weighted by molar-refractivity contribution is 0.115. The molecular weight excluding hydrogens is 383 g/mol. The van der Waals surface area contributed by atoms with Gasteiger partial charge < -0.3 is 20.4 Å². The molecule has 0 aliphatic heterocycles. The summed E-state index contributed by atoms with van der Waals surface area (Å²) in [5.41, 5.74) is 8.59. The molecule has 2 aromatic carbocycles. The highest BCUT2D eigenvalue weighted by Crippen LogP contribution is 2.22. The Morgan fingerprint density at radius 2 is 1.57 bits per heavy atom. The van der Waals surface area contributed by atoms with Gasteiger partial charge in [-0.2, -0.15) is 0 Å². The van der Waals surface area contributed by atoms with E-state index >= 15 is 0 Å². The quantitative estimate of drug-likeness (QED) is 0.534. The number of aliphatic hydroxyl groups is 2. The van der Waals surface area contributed by atoms with Crippen molar-refractivity contribution in [1.29, 1.82) is 0 Å². The summed E-state index contributed by atoms with van der Waals surface area (Å²) in [6, 6.07) is 14.1. The van der Waals surface area contributed by atoms with Crippen LogP contribution in [-0.2, 0) is 12.8 Å². The number of aryl methyl sites for hydroxylation is 1. The molecular formula is C21H24ClFN2O3. The highest BCUT2D eigenvalue weighted by Gasteiger charge is 2.22. The van der Waals surface area contributed by atoms with Crippen molar-refractivity contribution < 1.29 is 19.0 Å². The molecule has 0 amide bonds.